The minimum atomic E-state index is -1.25. The number of rotatable bonds is 6. The molecule has 0 aliphatic carbocycles. The molecule has 0 heterocycles. The summed E-state index contributed by atoms with van der Waals surface area (Å²) in [4.78, 5) is 23.6. The van der Waals surface area contributed by atoms with E-state index in [4.69, 9.17) is 9.47 Å². The van der Waals surface area contributed by atoms with Crippen LogP contribution in [0.2, 0.25) is 0 Å². The first kappa shape index (κ1) is 17.1. The first-order valence-corrected chi connectivity index (χ1v) is 7.08. The van der Waals surface area contributed by atoms with Gasteiger partial charge in [0.05, 0.1) is 14.2 Å². The lowest BCUT2D eigenvalue weighted by Crippen LogP contribution is -2.27. The highest BCUT2D eigenvalue weighted by Crippen LogP contribution is 2.26. The third kappa shape index (κ3) is 4.13. The van der Waals surface area contributed by atoms with Gasteiger partial charge in [-0.15, -0.1) is 0 Å². The van der Waals surface area contributed by atoms with E-state index in [2.05, 4.69) is 5.32 Å². The van der Waals surface area contributed by atoms with E-state index in [1.54, 1.807) is 48.5 Å². The van der Waals surface area contributed by atoms with E-state index < -0.39 is 11.9 Å². The zero-order valence-electron chi connectivity index (χ0n) is 13.3. The molecule has 1 amide bonds. The molecule has 24 heavy (non-hydrogen) atoms. The van der Waals surface area contributed by atoms with E-state index in [0.717, 1.165) is 0 Å². The van der Waals surface area contributed by atoms with Crippen LogP contribution in [0.5, 0.6) is 11.5 Å². The molecule has 2 aromatic rings. The van der Waals surface area contributed by atoms with Crippen LogP contribution in [0.1, 0.15) is 15.9 Å². The van der Waals surface area contributed by atoms with Gasteiger partial charge in [-0.3, -0.25) is 4.79 Å². The molecular weight excluding hydrogens is 310 g/mol. The summed E-state index contributed by atoms with van der Waals surface area (Å²) in [6, 6.07) is 13.3. The molecule has 0 fully saturated rings. The molecule has 2 N–H and O–H groups in total. The van der Waals surface area contributed by atoms with Crippen LogP contribution in [0.3, 0.4) is 0 Å². The minimum absolute atomic E-state index is 0.257. The molecule has 0 unspecified atom stereocenters. The average molecular weight is 327 g/mol. The van der Waals surface area contributed by atoms with Gasteiger partial charge in [0.15, 0.2) is 0 Å². The number of nitrogens with one attached hydrogen (secondary N) is 1. The van der Waals surface area contributed by atoms with Crippen molar-refractivity contribution in [2.75, 3.05) is 14.2 Å². The summed E-state index contributed by atoms with van der Waals surface area (Å²) < 4.78 is 10.3. The molecule has 0 radical (unpaired) electrons. The zero-order chi connectivity index (χ0) is 17.5. The standard InChI is InChI=1S/C18H17NO5/c1-23-14-9-8-13(16(11-14)24-2)10-15(18(21)22)19-17(20)12-6-4-3-5-7-12/h3-11H,1-2H3,(H,19,20)(H,21,22). The Morgan fingerprint density at radius 3 is 2.33 bits per heavy atom. The number of ether oxygens (including phenoxy) is 2. The Hall–Kier alpha value is -3.28. The van der Waals surface area contributed by atoms with Crippen molar-refractivity contribution in [1.29, 1.82) is 0 Å². The summed E-state index contributed by atoms with van der Waals surface area (Å²) in [5, 5.41) is 11.7. The number of carboxylic acids is 1. The lowest BCUT2D eigenvalue weighted by Gasteiger charge is -2.10. The van der Waals surface area contributed by atoms with Gasteiger partial charge in [-0.05, 0) is 30.3 Å². The quantitative estimate of drug-likeness (QED) is 0.797. The summed E-state index contributed by atoms with van der Waals surface area (Å²) in [5.74, 6) is -0.745. The second kappa shape index (κ2) is 7.82. The molecular formula is C18H17NO5. The normalized spacial score (nSPS) is 10.8. The van der Waals surface area contributed by atoms with Crippen molar-refractivity contribution in [3.05, 3.63) is 65.4 Å². The van der Waals surface area contributed by atoms with Crippen molar-refractivity contribution in [1.82, 2.24) is 5.32 Å². The van der Waals surface area contributed by atoms with Gasteiger partial charge in [-0.1, -0.05) is 18.2 Å². The van der Waals surface area contributed by atoms with Crippen molar-refractivity contribution in [2.24, 2.45) is 0 Å². The van der Waals surface area contributed by atoms with Gasteiger partial charge in [0.25, 0.3) is 5.91 Å². The van der Waals surface area contributed by atoms with Crippen molar-refractivity contribution in [3.8, 4) is 11.5 Å². The molecule has 2 aromatic carbocycles. The minimum Gasteiger partial charge on any atom is -0.497 e. The molecule has 0 spiro atoms. The fourth-order valence-corrected chi connectivity index (χ4v) is 2.03. The Bertz CT molecular complexity index is 768. The van der Waals surface area contributed by atoms with E-state index in [9.17, 15) is 14.7 Å². The topological polar surface area (TPSA) is 84.9 Å². The SMILES string of the molecule is COc1ccc(C=C(NC(=O)c2ccccc2)C(=O)O)c(OC)c1. The predicted molar refractivity (Wildman–Crippen MR) is 89.1 cm³/mol. The molecule has 0 aliphatic heterocycles. The van der Waals surface area contributed by atoms with Crippen LogP contribution in [0.15, 0.2) is 54.2 Å². The van der Waals surface area contributed by atoms with E-state index in [0.29, 0.717) is 22.6 Å². The third-order valence-electron chi connectivity index (χ3n) is 3.26. The van der Waals surface area contributed by atoms with Crippen molar-refractivity contribution >= 4 is 18.0 Å². The van der Waals surface area contributed by atoms with Gasteiger partial charge in [0, 0.05) is 17.2 Å². The first-order chi connectivity index (χ1) is 11.5. The number of hydrogen-bond acceptors (Lipinski definition) is 4. The first-order valence-electron chi connectivity index (χ1n) is 7.08. The van der Waals surface area contributed by atoms with Crippen LogP contribution in [-0.4, -0.2) is 31.2 Å². The van der Waals surface area contributed by atoms with Gasteiger partial charge in [0.2, 0.25) is 0 Å². The van der Waals surface area contributed by atoms with Gasteiger partial charge in [0.1, 0.15) is 17.2 Å². The van der Waals surface area contributed by atoms with Crippen LogP contribution in [0.4, 0.5) is 0 Å². The second-order valence-electron chi connectivity index (χ2n) is 4.79. The predicted octanol–water partition coefficient (Wildman–Crippen LogP) is 2.56. The number of carbonyl (C=O) groups excluding carboxylic acids is 1. The van der Waals surface area contributed by atoms with Gasteiger partial charge < -0.3 is 19.9 Å². The fraction of sp³-hybridized carbons (Fsp3) is 0.111. The Kier molecular flexibility index (Phi) is 5.57. The highest BCUT2D eigenvalue weighted by molar-refractivity contribution is 6.02. The number of carbonyl (C=O) groups is 2. The number of benzene rings is 2. The van der Waals surface area contributed by atoms with Crippen molar-refractivity contribution < 1.29 is 24.2 Å². The Labute approximate surface area is 139 Å². The van der Waals surface area contributed by atoms with E-state index in [-0.39, 0.29) is 5.70 Å². The van der Waals surface area contributed by atoms with Crippen LogP contribution < -0.4 is 14.8 Å². The zero-order valence-corrected chi connectivity index (χ0v) is 13.3. The molecule has 0 atom stereocenters. The number of aliphatic carboxylic acids is 1. The molecule has 6 heteroatoms. The van der Waals surface area contributed by atoms with E-state index in [1.165, 1.54) is 20.3 Å². The summed E-state index contributed by atoms with van der Waals surface area (Å²) in [6.07, 6.45) is 1.33. The summed E-state index contributed by atoms with van der Waals surface area (Å²) in [7, 11) is 2.99. The molecule has 0 saturated heterocycles. The van der Waals surface area contributed by atoms with E-state index >= 15 is 0 Å². The maximum atomic E-state index is 12.1. The lowest BCUT2D eigenvalue weighted by molar-refractivity contribution is -0.132. The second-order valence-corrected chi connectivity index (χ2v) is 4.79. The molecule has 0 saturated carbocycles. The summed E-state index contributed by atoms with van der Waals surface area (Å²) >= 11 is 0. The number of methoxy groups -OCH3 is 2. The fourth-order valence-electron chi connectivity index (χ4n) is 2.03. The Balaban J connectivity index is 2.32. The third-order valence-corrected chi connectivity index (χ3v) is 3.26. The highest BCUT2D eigenvalue weighted by Gasteiger charge is 2.14. The molecule has 0 aromatic heterocycles. The Morgan fingerprint density at radius 1 is 1.04 bits per heavy atom. The molecule has 0 bridgehead atoms. The molecule has 2 rings (SSSR count). The maximum absolute atomic E-state index is 12.1. The van der Waals surface area contributed by atoms with E-state index in [1.807, 2.05) is 0 Å². The number of amides is 1. The Morgan fingerprint density at radius 2 is 1.75 bits per heavy atom. The average Bonchev–Trinajstić information content (AvgIpc) is 2.61. The van der Waals surface area contributed by atoms with Crippen molar-refractivity contribution in [3.63, 3.8) is 0 Å². The molecule has 124 valence electrons. The lowest BCUT2D eigenvalue weighted by atomic mass is 10.1. The number of hydrogen-bond donors (Lipinski definition) is 2. The van der Waals surface area contributed by atoms with Gasteiger partial charge in [-0.25, -0.2) is 4.79 Å². The molecule has 0 aliphatic rings. The number of carboxylic acid groups (broad SMARTS) is 1. The van der Waals surface area contributed by atoms with Crippen molar-refractivity contribution in [2.45, 2.75) is 0 Å². The van der Waals surface area contributed by atoms with Crippen LogP contribution in [-0.2, 0) is 4.79 Å². The van der Waals surface area contributed by atoms with Gasteiger partial charge in [-0.2, -0.15) is 0 Å². The van der Waals surface area contributed by atoms with Crippen LogP contribution in [0.25, 0.3) is 6.08 Å². The molecule has 6 nitrogen and oxygen atoms in total. The summed E-state index contributed by atoms with van der Waals surface area (Å²) in [5.41, 5.74) is 0.614. The monoisotopic (exact) mass is 327 g/mol. The smallest absolute Gasteiger partial charge is 0.352 e. The maximum Gasteiger partial charge on any atom is 0.352 e. The summed E-state index contributed by atoms with van der Waals surface area (Å²) in [6.45, 7) is 0. The van der Waals surface area contributed by atoms with Gasteiger partial charge >= 0.3 is 5.97 Å². The highest BCUT2D eigenvalue weighted by atomic mass is 16.5. The van der Waals surface area contributed by atoms with Crippen LogP contribution in [0, 0.1) is 0 Å². The largest absolute Gasteiger partial charge is 0.497 e. The van der Waals surface area contributed by atoms with Crippen LogP contribution >= 0.6 is 0 Å².